The van der Waals surface area contributed by atoms with E-state index in [0.717, 1.165) is 44.9 Å². The van der Waals surface area contributed by atoms with Crippen molar-refractivity contribution < 1.29 is 32.9 Å². The first-order valence-corrected chi connectivity index (χ1v) is 33.0. The molecule has 73 heavy (non-hydrogen) atoms. The molecule has 3 unspecified atom stereocenters. The van der Waals surface area contributed by atoms with Gasteiger partial charge in [0.1, 0.15) is 13.2 Å². The Balaban J connectivity index is 4.16. The maximum atomic E-state index is 13.0. The van der Waals surface area contributed by atoms with Crippen LogP contribution < -0.4 is 5.32 Å². The number of unbranched alkanes of at least 4 members (excludes halogenated alkanes) is 39. The van der Waals surface area contributed by atoms with E-state index in [1.807, 2.05) is 27.2 Å². The monoisotopic (exact) mass is 1050 g/mol. The fourth-order valence-electron chi connectivity index (χ4n) is 9.31. The second kappa shape index (κ2) is 55.2. The van der Waals surface area contributed by atoms with Crippen LogP contribution in [0.15, 0.2) is 48.6 Å². The van der Waals surface area contributed by atoms with Crippen LogP contribution in [-0.4, -0.2) is 73.4 Å². The van der Waals surface area contributed by atoms with Crippen LogP contribution in [0.25, 0.3) is 0 Å². The molecule has 0 aliphatic carbocycles. The number of aliphatic hydroxyl groups excluding tert-OH is 1. The molecule has 0 rings (SSSR count). The molecule has 0 aliphatic heterocycles. The van der Waals surface area contributed by atoms with Gasteiger partial charge in [-0.3, -0.25) is 13.8 Å². The molecular weight excluding hydrogens is 924 g/mol. The van der Waals surface area contributed by atoms with Gasteiger partial charge in [0.25, 0.3) is 0 Å². The normalized spacial score (nSPS) is 14.1. The number of likely N-dealkylation sites (N-methyl/N-ethyl adjacent to an activating group) is 1. The molecule has 0 radical (unpaired) electrons. The maximum Gasteiger partial charge on any atom is 0.472 e. The summed E-state index contributed by atoms with van der Waals surface area (Å²) in [6.45, 7) is 4.82. The van der Waals surface area contributed by atoms with Crippen LogP contribution in [0.3, 0.4) is 0 Å². The van der Waals surface area contributed by atoms with Crippen molar-refractivity contribution in [3.05, 3.63) is 48.6 Å². The summed E-state index contributed by atoms with van der Waals surface area (Å²) in [5, 5.41) is 13.9. The molecule has 1 amide bonds. The quantitative estimate of drug-likeness (QED) is 0.0243. The number of hydrogen-bond donors (Lipinski definition) is 3. The van der Waals surface area contributed by atoms with Crippen LogP contribution in [0.4, 0.5) is 0 Å². The van der Waals surface area contributed by atoms with E-state index in [1.54, 1.807) is 6.08 Å². The van der Waals surface area contributed by atoms with Crippen LogP contribution in [0.2, 0.25) is 0 Å². The van der Waals surface area contributed by atoms with Gasteiger partial charge in [0.05, 0.1) is 39.9 Å². The van der Waals surface area contributed by atoms with Crippen molar-refractivity contribution >= 4 is 13.7 Å². The molecule has 0 aromatic carbocycles. The van der Waals surface area contributed by atoms with Gasteiger partial charge in [-0.1, -0.05) is 274 Å². The number of allylic oxidation sites excluding steroid dienone is 7. The number of amides is 1. The fraction of sp³-hybridized carbons (Fsp3) is 0.859. The summed E-state index contributed by atoms with van der Waals surface area (Å²) < 4.78 is 23.7. The number of nitrogens with one attached hydrogen (secondary N) is 1. The van der Waals surface area contributed by atoms with E-state index in [0.29, 0.717) is 17.4 Å². The standard InChI is InChI=1S/C64H123N2O6P/c1-6-8-10-12-14-16-18-20-22-24-26-28-29-30-31-32-33-34-35-36-38-40-42-44-46-48-50-52-54-56-58-64(68)65-62(61-72-73(69,70)71-60-59-66(3,4)5)63(67)57-55-53-51-49-47-45-43-41-39-37-27-25-23-21-19-17-15-13-11-9-7-2/h30-31,39,41,47,49,55,57,62-63,67H,6-29,32-38,40,42-46,48,50-54,56,58-61H2,1-5H3,(H-,65,68,69,70)/p+1/b31-30-,41-39+,49-47+,57-55+. The van der Waals surface area contributed by atoms with Crippen molar-refractivity contribution in [3.63, 3.8) is 0 Å². The summed E-state index contributed by atoms with van der Waals surface area (Å²) in [5.41, 5.74) is 0. The van der Waals surface area contributed by atoms with E-state index in [-0.39, 0.29) is 19.1 Å². The van der Waals surface area contributed by atoms with Crippen LogP contribution >= 0.6 is 7.82 Å². The lowest BCUT2D eigenvalue weighted by Gasteiger charge is -2.25. The van der Waals surface area contributed by atoms with Crippen molar-refractivity contribution in [3.8, 4) is 0 Å². The molecule has 3 N–H and O–H groups in total. The molecule has 0 fully saturated rings. The number of quaternary nitrogens is 1. The highest BCUT2D eigenvalue weighted by Crippen LogP contribution is 2.43. The van der Waals surface area contributed by atoms with Crippen LogP contribution in [0.5, 0.6) is 0 Å². The van der Waals surface area contributed by atoms with Gasteiger partial charge < -0.3 is 19.8 Å². The van der Waals surface area contributed by atoms with Crippen molar-refractivity contribution in [2.24, 2.45) is 0 Å². The van der Waals surface area contributed by atoms with E-state index < -0.39 is 20.0 Å². The summed E-state index contributed by atoms with van der Waals surface area (Å²) in [6.07, 6.45) is 73.8. The molecule has 0 aromatic rings. The van der Waals surface area contributed by atoms with Crippen molar-refractivity contribution in [1.82, 2.24) is 5.32 Å². The van der Waals surface area contributed by atoms with Gasteiger partial charge in [0, 0.05) is 6.42 Å². The Hall–Kier alpha value is -1.54. The maximum absolute atomic E-state index is 13.0. The van der Waals surface area contributed by atoms with E-state index in [4.69, 9.17) is 9.05 Å². The van der Waals surface area contributed by atoms with Crippen molar-refractivity contribution in [2.45, 2.75) is 315 Å². The van der Waals surface area contributed by atoms with Gasteiger partial charge in [0.15, 0.2) is 0 Å². The van der Waals surface area contributed by atoms with Crippen LogP contribution in [-0.2, 0) is 18.4 Å². The van der Waals surface area contributed by atoms with Crippen LogP contribution in [0, 0.1) is 0 Å². The van der Waals surface area contributed by atoms with Gasteiger partial charge >= 0.3 is 7.82 Å². The number of carbonyl (C=O) groups is 1. The summed E-state index contributed by atoms with van der Waals surface area (Å²) in [4.78, 5) is 23.3. The molecule has 0 saturated carbocycles. The largest absolute Gasteiger partial charge is 0.472 e. The lowest BCUT2D eigenvalue weighted by molar-refractivity contribution is -0.870. The topological polar surface area (TPSA) is 105 Å². The van der Waals surface area contributed by atoms with Crippen LogP contribution in [0.1, 0.15) is 303 Å². The minimum atomic E-state index is -4.36. The molecular formula is C64H124N2O6P+. The zero-order chi connectivity index (χ0) is 53.5. The first-order valence-electron chi connectivity index (χ1n) is 31.5. The lowest BCUT2D eigenvalue weighted by Crippen LogP contribution is -2.45. The van der Waals surface area contributed by atoms with Gasteiger partial charge in [-0.2, -0.15) is 0 Å². The first kappa shape index (κ1) is 71.5. The zero-order valence-corrected chi connectivity index (χ0v) is 50.0. The fourth-order valence-corrected chi connectivity index (χ4v) is 10.0. The lowest BCUT2D eigenvalue weighted by atomic mass is 10.0. The smallest absolute Gasteiger partial charge is 0.387 e. The van der Waals surface area contributed by atoms with Gasteiger partial charge in [-0.25, -0.2) is 4.57 Å². The number of rotatable bonds is 58. The number of phosphoric acid groups is 1. The molecule has 3 atom stereocenters. The minimum absolute atomic E-state index is 0.0537. The number of aliphatic hydroxyl groups is 1. The number of phosphoric ester groups is 1. The third-order valence-electron chi connectivity index (χ3n) is 14.2. The Kier molecular flexibility index (Phi) is 54.1. The Morgan fingerprint density at radius 1 is 0.452 bits per heavy atom. The Bertz CT molecular complexity index is 1330. The molecule has 0 aliphatic rings. The van der Waals surface area contributed by atoms with E-state index in [9.17, 15) is 19.4 Å². The third-order valence-corrected chi connectivity index (χ3v) is 15.2. The van der Waals surface area contributed by atoms with Crippen molar-refractivity contribution in [1.29, 1.82) is 0 Å². The third kappa shape index (κ3) is 58.0. The first-order chi connectivity index (χ1) is 35.5. The van der Waals surface area contributed by atoms with Gasteiger partial charge in [-0.05, 0) is 70.6 Å². The zero-order valence-electron chi connectivity index (χ0n) is 49.1. The summed E-state index contributed by atoms with van der Waals surface area (Å²) in [7, 11) is 1.55. The Morgan fingerprint density at radius 3 is 1.10 bits per heavy atom. The Morgan fingerprint density at radius 2 is 0.753 bits per heavy atom. The highest BCUT2D eigenvalue weighted by Gasteiger charge is 2.27. The van der Waals surface area contributed by atoms with E-state index in [1.165, 1.54) is 238 Å². The molecule has 0 heterocycles. The average Bonchev–Trinajstić information content (AvgIpc) is 3.35. The molecule has 0 spiro atoms. The number of hydrogen-bond acceptors (Lipinski definition) is 5. The molecule has 0 aromatic heterocycles. The average molecular weight is 1050 g/mol. The Labute approximate surface area is 454 Å². The van der Waals surface area contributed by atoms with E-state index in [2.05, 4.69) is 55.6 Å². The predicted molar refractivity (Wildman–Crippen MR) is 318 cm³/mol. The summed E-state index contributed by atoms with van der Waals surface area (Å²) in [6, 6.07) is -0.871. The highest BCUT2D eigenvalue weighted by atomic mass is 31.2. The van der Waals surface area contributed by atoms with Gasteiger partial charge in [0.2, 0.25) is 5.91 Å². The molecule has 430 valence electrons. The van der Waals surface area contributed by atoms with Crippen molar-refractivity contribution in [2.75, 3.05) is 40.9 Å². The summed E-state index contributed by atoms with van der Waals surface area (Å²) >= 11 is 0. The number of carbonyl (C=O) groups excluding carboxylic acids is 1. The summed E-state index contributed by atoms with van der Waals surface area (Å²) in [5.74, 6) is -0.187. The molecule has 0 bridgehead atoms. The minimum Gasteiger partial charge on any atom is -0.387 e. The second-order valence-corrected chi connectivity index (χ2v) is 24.2. The second-order valence-electron chi connectivity index (χ2n) is 22.8. The highest BCUT2D eigenvalue weighted by molar-refractivity contribution is 7.47. The van der Waals surface area contributed by atoms with Gasteiger partial charge in [-0.15, -0.1) is 0 Å². The molecule has 8 nitrogen and oxygen atoms in total. The number of nitrogens with zero attached hydrogens (tertiary/aromatic N) is 1. The molecule has 0 saturated heterocycles. The SMILES string of the molecule is CCCCCCCCCCCCC/C=C/CC/C=C/CC/C=C/C(O)C(COP(=O)(O)OCC[N+](C)(C)C)NC(=O)CCCCCCCCCCCCCCCC/C=C\CCCCCCCCCCCCCC. The molecule has 9 heteroatoms. The van der Waals surface area contributed by atoms with E-state index >= 15 is 0 Å². The predicted octanol–water partition coefficient (Wildman–Crippen LogP) is 19.5.